The van der Waals surface area contributed by atoms with E-state index in [4.69, 9.17) is 27.9 Å². The zero-order valence-electron chi connectivity index (χ0n) is 7.63. The molecule has 0 aliphatic rings. The molecule has 0 fully saturated rings. The Morgan fingerprint density at radius 2 is 2.07 bits per heavy atom. The quantitative estimate of drug-likeness (QED) is 0.812. The molecule has 1 aromatic carbocycles. The zero-order valence-corrected chi connectivity index (χ0v) is 9.14. The lowest BCUT2D eigenvalue weighted by atomic mass is 10.1. The molecule has 1 atom stereocenters. The van der Waals surface area contributed by atoms with Crippen molar-refractivity contribution in [1.82, 2.24) is 0 Å². The van der Waals surface area contributed by atoms with Crippen molar-refractivity contribution < 1.29 is 9.84 Å². The highest BCUT2D eigenvalue weighted by atomic mass is 35.5. The molecule has 1 rings (SSSR count). The predicted molar refractivity (Wildman–Crippen MR) is 58.2 cm³/mol. The Morgan fingerprint density at radius 3 is 2.57 bits per heavy atom. The molecule has 2 nitrogen and oxygen atoms in total. The van der Waals surface area contributed by atoms with E-state index in [-0.39, 0.29) is 0 Å². The van der Waals surface area contributed by atoms with Crippen molar-refractivity contribution in [2.24, 2.45) is 0 Å². The average molecular weight is 233 g/mol. The van der Waals surface area contributed by atoms with Gasteiger partial charge in [0.2, 0.25) is 0 Å². The van der Waals surface area contributed by atoms with E-state index in [9.17, 15) is 5.11 Å². The van der Waals surface area contributed by atoms with Gasteiger partial charge in [-0.2, -0.15) is 0 Å². The van der Waals surface area contributed by atoms with Crippen molar-refractivity contribution in [2.45, 2.75) is 6.10 Å². The van der Waals surface area contributed by atoms with Crippen LogP contribution < -0.4 is 4.74 Å². The van der Waals surface area contributed by atoms with E-state index in [1.54, 1.807) is 12.1 Å². The third-order valence-corrected chi connectivity index (χ3v) is 2.72. The summed E-state index contributed by atoms with van der Waals surface area (Å²) in [5.41, 5.74) is 0.521. The van der Waals surface area contributed by atoms with Gasteiger partial charge in [0.25, 0.3) is 0 Å². The minimum atomic E-state index is -0.814. The standard InChI is InChI=1S/C10H10Cl2O2/c1-3-7(13)6-4-5-8(14-2)10(12)9(6)11/h3-5,7,13H,1H2,2H3. The SMILES string of the molecule is C=CC(O)c1ccc(OC)c(Cl)c1Cl. The van der Waals surface area contributed by atoms with E-state index in [1.807, 2.05) is 0 Å². The summed E-state index contributed by atoms with van der Waals surface area (Å²) in [6.45, 7) is 3.47. The van der Waals surface area contributed by atoms with Crippen molar-refractivity contribution in [2.75, 3.05) is 7.11 Å². The summed E-state index contributed by atoms with van der Waals surface area (Å²) in [5.74, 6) is 0.483. The average Bonchev–Trinajstić information content (AvgIpc) is 2.21. The molecular weight excluding hydrogens is 223 g/mol. The molecule has 0 aliphatic heterocycles. The number of hydrogen-bond acceptors (Lipinski definition) is 2. The lowest BCUT2D eigenvalue weighted by molar-refractivity contribution is 0.229. The van der Waals surface area contributed by atoms with Gasteiger partial charge in [0, 0.05) is 5.56 Å². The van der Waals surface area contributed by atoms with Crippen LogP contribution in [0.1, 0.15) is 11.7 Å². The fraction of sp³-hybridized carbons (Fsp3) is 0.200. The third-order valence-electron chi connectivity index (χ3n) is 1.84. The van der Waals surface area contributed by atoms with Crippen LogP contribution in [-0.4, -0.2) is 12.2 Å². The maximum Gasteiger partial charge on any atom is 0.139 e. The monoisotopic (exact) mass is 232 g/mol. The fourth-order valence-corrected chi connectivity index (χ4v) is 1.58. The molecular formula is C10H10Cl2O2. The summed E-state index contributed by atoms with van der Waals surface area (Å²) in [7, 11) is 1.50. The Hall–Kier alpha value is -0.700. The smallest absolute Gasteiger partial charge is 0.139 e. The first kappa shape index (κ1) is 11.4. The van der Waals surface area contributed by atoms with Crippen molar-refractivity contribution in [3.63, 3.8) is 0 Å². The summed E-state index contributed by atoms with van der Waals surface area (Å²) in [4.78, 5) is 0. The van der Waals surface area contributed by atoms with E-state index in [0.29, 0.717) is 21.4 Å². The van der Waals surface area contributed by atoms with Gasteiger partial charge in [0.05, 0.1) is 18.2 Å². The van der Waals surface area contributed by atoms with Crippen LogP contribution in [0.3, 0.4) is 0 Å². The van der Waals surface area contributed by atoms with Crippen molar-refractivity contribution in [1.29, 1.82) is 0 Å². The third kappa shape index (κ3) is 2.03. The molecule has 0 bridgehead atoms. The number of hydrogen-bond donors (Lipinski definition) is 1. The van der Waals surface area contributed by atoms with Crippen LogP contribution in [0.5, 0.6) is 5.75 Å². The molecule has 0 aliphatic carbocycles. The topological polar surface area (TPSA) is 29.5 Å². The second kappa shape index (κ2) is 4.69. The number of rotatable bonds is 3. The van der Waals surface area contributed by atoms with Gasteiger partial charge in [-0.1, -0.05) is 35.3 Å². The summed E-state index contributed by atoms with van der Waals surface area (Å²) in [6, 6.07) is 3.30. The number of aliphatic hydroxyl groups is 1. The molecule has 76 valence electrons. The summed E-state index contributed by atoms with van der Waals surface area (Å²) in [6.07, 6.45) is 0.565. The lowest BCUT2D eigenvalue weighted by Gasteiger charge is -2.11. The molecule has 0 aromatic heterocycles. The van der Waals surface area contributed by atoms with Crippen molar-refractivity contribution >= 4 is 23.2 Å². The van der Waals surface area contributed by atoms with Crippen LogP contribution in [0.2, 0.25) is 10.0 Å². The van der Waals surface area contributed by atoms with E-state index in [1.165, 1.54) is 13.2 Å². The maximum atomic E-state index is 9.50. The molecule has 0 radical (unpaired) electrons. The van der Waals surface area contributed by atoms with Crippen LogP contribution in [-0.2, 0) is 0 Å². The molecule has 1 unspecified atom stereocenters. The van der Waals surface area contributed by atoms with Crippen molar-refractivity contribution in [3.05, 3.63) is 40.4 Å². The van der Waals surface area contributed by atoms with Crippen LogP contribution >= 0.6 is 23.2 Å². The molecule has 0 amide bonds. The Kier molecular flexibility index (Phi) is 3.81. The maximum absolute atomic E-state index is 9.50. The van der Waals surface area contributed by atoms with Gasteiger partial charge in [0.15, 0.2) is 0 Å². The van der Waals surface area contributed by atoms with Gasteiger partial charge in [0.1, 0.15) is 10.8 Å². The number of aliphatic hydroxyl groups excluding tert-OH is 1. The molecule has 0 spiro atoms. The van der Waals surface area contributed by atoms with Crippen LogP contribution in [0.25, 0.3) is 0 Å². The highest BCUT2D eigenvalue weighted by Crippen LogP contribution is 2.37. The van der Waals surface area contributed by atoms with Gasteiger partial charge >= 0.3 is 0 Å². The number of halogens is 2. The fourth-order valence-electron chi connectivity index (χ4n) is 1.06. The first-order chi connectivity index (χ1) is 6.61. The van der Waals surface area contributed by atoms with Gasteiger partial charge < -0.3 is 9.84 Å². The van der Waals surface area contributed by atoms with Crippen LogP contribution in [0.4, 0.5) is 0 Å². The number of ether oxygens (including phenoxy) is 1. The van der Waals surface area contributed by atoms with E-state index in [2.05, 4.69) is 6.58 Å². The second-order valence-electron chi connectivity index (χ2n) is 2.67. The van der Waals surface area contributed by atoms with E-state index < -0.39 is 6.10 Å². The molecule has 1 aromatic rings. The molecule has 1 N–H and O–H groups in total. The molecule has 4 heteroatoms. The Labute approximate surface area is 92.7 Å². The van der Waals surface area contributed by atoms with E-state index in [0.717, 1.165) is 0 Å². The minimum absolute atomic E-state index is 0.290. The first-order valence-corrected chi connectivity index (χ1v) is 4.70. The summed E-state index contributed by atoms with van der Waals surface area (Å²) < 4.78 is 4.97. The van der Waals surface area contributed by atoms with Crippen LogP contribution in [0.15, 0.2) is 24.8 Å². The van der Waals surface area contributed by atoms with E-state index >= 15 is 0 Å². The predicted octanol–water partition coefficient (Wildman–Crippen LogP) is 3.22. The van der Waals surface area contributed by atoms with Gasteiger partial charge in [-0.25, -0.2) is 0 Å². The van der Waals surface area contributed by atoms with Crippen LogP contribution in [0, 0.1) is 0 Å². The van der Waals surface area contributed by atoms with Gasteiger partial charge in [-0.15, -0.1) is 6.58 Å². The molecule has 14 heavy (non-hydrogen) atoms. The Morgan fingerprint density at radius 1 is 1.43 bits per heavy atom. The first-order valence-electron chi connectivity index (χ1n) is 3.94. The highest BCUT2D eigenvalue weighted by Gasteiger charge is 2.14. The minimum Gasteiger partial charge on any atom is -0.495 e. The molecule has 0 saturated heterocycles. The zero-order chi connectivity index (χ0) is 10.7. The summed E-state index contributed by atoms with van der Waals surface area (Å²) >= 11 is 11.8. The second-order valence-corrected chi connectivity index (χ2v) is 3.42. The van der Waals surface area contributed by atoms with Crippen molar-refractivity contribution in [3.8, 4) is 5.75 Å². The van der Waals surface area contributed by atoms with Gasteiger partial charge in [-0.3, -0.25) is 0 Å². The highest BCUT2D eigenvalue weighted by molar-refractivity contribution is 6.43. The molecule has 0 heterocycles. The largest absolute Gasteiger partial charge is 0.495 e. The van der Waals surface area contributed by atoms with Gasteiger partial charge in [-0.05, 0) is 6.07 Å². The Bertz CT molecular complexity index is 350. The molecule has 0 saturated carbocycles. The number of benzene rings is 1. The summed E-state index contributed by atoms with van der Waals surface area (Å²) in [5, 5.41) is 10.1. The lowest BCUT2D eigenvalue weighted by Crippen LogP contribution is -1.95. The normalized spacial score (nSPS) is 12.3. The number of methoxy groups -OCH3 is 1. The Balaban J connectivity index is 3.23.